The molecule has 1 atom stereocenters. The van der Waals surface area contributed by atoms with Gasteiger partial charge in [0.25, 0.3) is 0 Å². The predicted molar refractivity (Wildman–Crippen MR) is 65.2 cm³/mol. The number of carbonyl (C=O) groups excluding carboxylic acids is 1. The number of hydrogen-bond donors (Lipinski definition) is 1. The second-order valence-electron chi connectivity index (χ2n) is 4.38. The van der Waals surface area contributed by atoms with Crippen LogP contribution >= 0.6 is 0 Å². The lowest BCUT2D eigenvalue weighted by molar-refractivity contribution is -0.119. The first kappa shape index (κ1) is 11.1. The van der Waals surface area contributed by atoms with Gasteiger partial charge < -0.3 is 10.6 Å². The summed E-state index contributed by atoms with van der Waals surface area (Å²) in [6.45, 7) is 2.80. The number of hydrogen-bond acceptors (Lipinski definition) is 2. The van der Waals surface area contributed by atoms with E-state index in [2.05, 4.69) is 0 Å². The smallest absolute Gasteiger partial charge is 0.226 e. The van der Waals surface area contributed by atoms with Crippen LogP contribution in [-0.2, 0) is 4.79 Å². The lowest BCUT2D eigenvalue weighted by Gasteiger charge is -2.27. The van der Waals surface area contributed by atoms with Gasteiger partial charge in [-0.2, -0.15) is 0 Å². The molecule has 1 aromatic rings. The average molecular weight is 218 g/mol. The minimum absolute atomic E-state index is 0.0473. The van der Waals surface area contributed by atoms with Crippen LogP contribution in [0.25, 0.3) is 0 Å². The van der Waals surface area contributed by atoms with E-state index in [-0.39, 0.29) is 11.9 Å². The minimum Gasteiger partial charge on any atom is -0.324 e. The monoisotopic (exact) mass is 218 g/mol. The van der Waals surface area contributed by atoms with Gasteiger partial charge in [-0.1, -0.05) is 12.1 Å². The Labute approximate surface area is 96.2 Å². The van der Waals surface area contributed by atoms with Crippen molar-refractivity contribution >= 4 is 11.6 Å². The maximum atomic E-state index is 11.7. The molecule has 1 saturated heterocycles. The van der Waals surface area contributed by atoms with E-state index in [4.69, 9.17) is 5.73 Å². The van der Waals surface area contributed by atoms with Gasteiger partial charge in [-0.05, 0) is 37.5 Å². The third-order valence-electron chi connectivity index (χ3n) is 3.05. The maximum Gasteiger partial charge on any atom is 0.226 e. The summed E-state index contributed by atoms with van der Waals surface area (Å²) in [6.07, 6.45) is 2.79. The third kappa shape index (κ3) is 2.25. The zero-order valence-corrected chi connectivity index (χ0v) is 9.65. The number of benzene rings is 1. The van der Waals surface area contributed by atoms with E-state index in [0.29, 0.717) is 6.42 Å². The summed E-state index contributed by atoms with van der Waals surface area (Å²) in [5.41, 5.74) is 7.89. The predicted octanol–water partition coefficient (Wildman–Crippen LogP) is 2.22. The van der Waals surface area contributed by atoms with Crippen molar-refractivity contribution in [2.75, 3.05) is 11.4 Å². The molecule has 1 aromatic carbocycles. The zero-order chi connectivity index (χ0) is 11.5. The highest BCUT2D eigenvalue weighted by Crippen LogP contribution is 2.22. The van der Waals surface area contributed by atoms with E-state index >= 15 is 0 Å². The van der Waals surface area contributed by atoms with E-state index in [0.717, 1.165) is 30.6 Å². The van der Waals surface area contributed by atoms with Gasteiger partial charge in [-0.15, -0.1) is 0 Å². The molecule has 1 aliphatic rings. The summed E-state index contributed by atoms with van der Waals surface area (Å²) < 4.78 is 0. The highest BCUT2D eigenvalue weighted by molar-refractivity contribution is 5.93. The topological polar surface area (TPSA) is 46.3 Å². The van der Waals surface area contributed by atoms with Gasteiger partial charge in [-0.3, -0.25) is 4.79 Å². The largest absolute Gasteiger partial charge is 0.324 e. The van der Waals surface area contributed by atoms with Gasteiger partial charge in [0, 0.05) is 24.7 Å². The lowest BCUT2D eigenvalue weighted by atomic mass is 10.1. The fraction of sp³-hybridized carbons (Fsp3) is 0.462. The molecule has 1 heterocycles. The van der Waals surface area contributed by atoms with Crippen LogP contribution in [0.4, 0.5) is 5.69 Å². The van der Waals surface area contributed by atoms with Crippen molar-refractivity contribution in [1.29, 1.82) is 0 Å². The standard InChI is InChI=1S/C13H18N2O/c1-10(14)11-5-7-12(8-6-11)15-9-3-2-4-13(15)16/h5-8,10H,2-4,9,14H2,1H3/t10-/m1/s1. The Bertz CT molecular complexity index is 370. The summed E-state index contributed by atoms with van der Waals surface area (Å²) in [7, 11) is 0. The number of carbonyl (C=O) groups is 1. The van der Waals surface area contributed by atoms with E-state index in [9.17, 15) is 4.79 Å². The molecule has 1 fully saturated rings. The molecule has 2 rings (SSSR count). The molecule has 0 spiro atoms. The minimum atomic E-state index is 0.0473. The SMILES string of the molecule is C[C@@H](N)c1ccc(N2CCCCC2=O)cc1. The number of anilines is 1. The van der Waals surface area contributed by atoms with Crippen LogP contribution in [0.15, 0.2) is 24.3 Å². The molecule has 0 radical (unpaired) electrons. The van der Waals surface area contributed by atoms with E-state index in [1.54, 1.807) is 0 Å². The normalized spacial score (nSPS) is 18.6. The second-order valence-corrected chi connectivity index (χ2v) is 4.38. The van der Waals surface area contributed by atoms with Crippen molar-refractivity contribution < 1.29 is 4.79 Å². The van der Waals surface area contributed by atoms with Crippen molar-refractivity contribution in [3.63, 3.8) is 0 Å². The van der Waals surface area contributed by atoms with Crippen molar-refractivity contribution in [1.82, 2.24) is 0 Å². The second kappa shape index (κ2) is 4.66. The van der Waals surface area contributed by atoms with Gasteiger partial charge in [0.1, 0.15) is 0 Å². The van der Waals surface area contributed by atoms with Crippen LogP contribution in [0, 0.1) is 0 Å². The van der Waals surface area contributed by atoms with Gasteiger partial charge in [0.15, 0.2) is 0 Å². The van der Waals surface area contributed by atoms with Crippen molar-refractivity contribution in [2.24, 2.45) is 5.73 Å². The first-order valence-corrected chi connectivity index (χ1v) is 5.84. The van der Waals surface area contributed by atoms with Crippen molar-refractivity contribution in [2.45, 2.75) is 32.2 Å². The summed E-state index contributed by atoms with van der Waals surface area (Å²) in [4.78, 5) is 13.6. The van der Waals surface area contributed by atoms with E-state index in [1.165, 1.54) is 0 Å². The number of nitrogens with zero attached hydrogens (tertiary/aromatic N) is 1. The molecule has 0 unspecified atom stereocenters. The van der Waals surface area contributed by atoms with Crippen LogP contribution in [0.5, 0.6) is 0 Å². The van der Waals surface area contributed by atoms with Crippen LogP contribution in [-0.4, -0.2) is 12.5 Å². The molecule has 2 N–H and O–H groups in total. The van der Waals surface area contributed by atoms with Crippen molar-refractivity contribution in [3.05, 3.63) is 29.8 Å². The Balaban J connectivity index is 2.17. The molecule has 3 heteroatoms. The van der Waals surface area contributed by atoms with Crippen LogP contribution in [0.3, 0.4) is 0 Å². The summed E-state index contributed by atoms with van der Waals surface area (Å²) in [5.74, 6) is 0.236. The van der Waals surface area contributed by atoms with Crippen LogP contribution in [0.1, 0.15) is 37.8 Å². The van der Waals surface area contributed by atoms with Gasteiger partial charge in [0.2, 0.25) is 5.91 Å². The average Bonchev–Trinajstić information content (AvgIpc) is 2.30. The summed E-state index contributed by atoms with van der Waals surface area (Å²) in [5, 5.41) is 0. The molecular weight excluding hydrogens is 200 g/mol. The molecule has 86 valence electrons. The fourth-order valence-corrected chi connectivity index (χ4v) is 2.04. The van der Waals surface area contributed by atoms with Gasteiger partial charge in [-0.25, -0.2) is 0 Å². The molecule has 0 aliphatic carbocycles. The number of amides is 1. The highest BCUT2D eigenvalue weighted by Gasteiger charge is 2.19. The van der Waals surface area contributed by atoms with E-state index in [1.807, 2.05) is 36.1 Å². The molecule has 0 saturated carbocycles. The lowest BCUT2D eigenvalue weighted by Crippen LogP contribution is -2.35. The molecule has 16 heavy (non-hydrogen) atoms. The Morgan fingerprint density at radius 2 is 1.94 bits per heavy atom. The zero-order valence-electron chi connectivity index (χ0n) is 9.65. The van der Waals surface area contributed by atoms with Gasteiger partial charge >= 0.3 is 0 Å². The van der Waals surface area contributed by atoms with Crippen LogP contribution < -0.4 is 10.6 Å². The molecule has 3 nitrogen and oxygen atoms in total. The fourth-order valence-electron chi connectivity index (χ4n) is 2.04. The quantitative estimate of drug-likeness (QED) is 0.827. The number of rotatable bonds is 2. The number of nitrogens with two attached hydrogens (primary N) is 1. The first-order valence-electron chi connectivity index (χ1n) is 5.84. The first-order chi connectivity index (χ1) is 7.68. The van der Waals surface area contributed by atoms with Gasteiger partial charge in [0.05, 0.1) is 0 Å². The van der Waals surface area contributed by atoms with Crippen LogP contribution in [0.2, 0.25) is 0 Å². The molecular formula is C13H18N2O. The third-order valence-corrected chi connectivity index (χ3v) is 3.05. The molecule has 0 bridgehead atoms. The Hall–Kier alpha value is -1.35. The maximum absolute atomic E-state index is 11.7. The summed E-state index contributed by atoms with van der Waals surface area (Å²) in [6, 6.07) is 8.03. The Morgan fingerprint density at radius 3 is 2.50 bits per heavy atom. The summed E-state index contributed by atoms with van der Waals surface area (Å²) >= 11 is 0. The number of piperidine rings is 1. The Kier molecular flexibility index (Phi) is 3.25. The highest BCUT2D eigenvalue weighted by atomic mass is 16.2. The Morgan fingerprint density at radius 1 is 1.25 bits per heavy atom. The molecule has 1 amide bonds. The molecule has 0 aromatic heterocycles. The molecule has 1 aliphatic heterocycles. The van der Waals surface area contributed by atoms with Crippen molar-refractivity contribution in [3.8, 4) is 0 Å². The van der Waals surface area contributed by atoms with E-state index < -0.39 is 0 Å².